The van der Waals surface area contributed by atoms with Crippen molar-refractivity contribution in [1.82, 2.24) is 5.32 Å². The monoisotopic (exact) mass is 238 g/mol. The molecule has 0 radical (unpaired) electrons. The summed E-state index contributed by atoms with van der Waals surface area (Å²) >= 11 is 0. The van der Waals surface area contributed by atoms with Crippen LogP contribution < -0.4 is 10.2 Å². The first kappa shape index (κ1) is 4.96. The predicted molar refractivity (Wildman–Crippen MR) is 56.5 cm³/mol. The largest absolute Gasteiger partial charge is 0.416 e. The Morgan fingerprint density at radius 1 is 1.12 bits per heavy atom. The molecular weight excluding hydrogens is 217 g/mol. The van der Waals surface area contributed by atoms with Gasteiger partial charge in [0.05, 0.1) is 11.0 Å². The smallest absolute Gasteiger partial charge is 0.369 e. The molecule has 1 N–H and O–H groups in total. The molecule has 1 heterocycles. The summed E-state index contributed by atoms with van der Waals surface area (Å²) in [6.07, 6.45) is -4.65. The van der Waals surface area contributed by atoms with E-state index in [1.807, 2.05) is 0 Å². The molecule has 0 bridgehead atoms. The summed E-state index contributed by atoms with van der Waals surface area (Å²) in [4.78, 5) is 0.177. The molecule has 16 heavy (non-hydrogen) atoms. The zero-order chi connectivity index (χ0) is 18.8. The second kappa shape index (κ2) is 4.33. The van der Waals surface area contributed by atoms with Gasteiger partial charge < -0.3 is 10.2 Å². The molecule has 2 nitrogen and oxygen atoms in total. The summed E-state index contributed by atoms with van der Waals surface area (Å²) in [5, 5.41) is 1.64. The maximum Gasteiger partial charge on any atom is 0.416 e. The molecule has 88 valence electrons. The van der Waals surface area contributed by atoms with Crippen molar-refractivity contribution in [3.8, 4) is 0 Å². The molecule has 0 saturated carbocycles. The first-order valence-electron chi connectivity index (χ1n) is 8.31. The van der Waals surface area contributed by atoms with Crippen LogP contribution in [-0.4, -0.2) is 26.0 Å². The number of anilines is 1. The van der Waals surface area contributed by atoms with Gasteiger partial charge in [0, 0.05) is 37.2 Å². The van der Waals surface area contributed by atoms with Gasteiger partial charge in [-0.3, -0.25) is 0 Å². The van der Waals surface area contributed by atoms with E-state index in [9.17, 15) is 13.2 Å². The molecule has 1 aromatic carbocycles. The lowest BCUT2D eigenvalue weighted by Gasteiger charge is -2.29. The molecule has 2 rings (SSSR count). The van der Waals surface area contributed by atoms with Crippen LogP contribution in [-0.2, 0) is 6.18 Å². The lowest BCUT2D eigenvalue weighted by molar-refractivity contribution is -0.137. The van der Waals surface area contributed by atoms with Crippen molar-refractivity contribution in [2.75, 3.05) is 30.9 Å². The van der Waals surface area contributed by atoms with Crippen LogP contribution in [0.15, 0.2) is 24.3 Å². The van der Waals surface area contributed by atoms with Crippen LogP contribution in [0.3, 0.4) is 0 Å². The van der Waals surface area contributed by atoms with E-state index in [-0.39, 0.29) is 4.90 Å². The molecule has 0 atom stereocenters. The lowest BCUT2D eigenvalue weighted by atomic mass is 10.2. The molecular formula is C11H13F3N2. The molecule has 1 aliphatic heterocycles. The second-order valence-electron chi connectivity index (χ2n) is 2.98. The highest BCUT2D eigenvalue weighted by Crippen LogP contribution is 2.30. The third kappa shape index (κ3) is 2.47. The topological polar surface area (TPSA) is 15.3 Å². The highest BCUT2D eigenvalue weighted by molar-refractivity contribution is 5.48. The van der Waals surface area contributed by atoms with E-state index in [0.29, 0.717) is 12.1 Å². The fraction of sp³-hybridized carbons (Fsp3) is 0.455. The van der Waals surface area contributed by atoms with Crippen molar-refractivity contribution in [2.24, 2.45) is 0 Å². The number of rotatable bonds is 1. The Bertz CT molecular complexity index is 603. The molecule has 0 aliphatic carbocycles. The number of nitrogens with zero attached hydrogens (tertiary/aromatic N) is 1. The van der Waals surface area contributed by atoms with Gasteiger partial charge in [0.2, 0.25) is 0 Å². The Morgan fingerprint density at radius 3 is 2.19 bits per heavy atom. The summed E-state index contributed by atoms with van der Waals surface area (Å²) in [5.41, 5.74) is -1.47. The number of hydrogen-bond donors (Lipinski definition) is 1. The Labute approximate surface area is 103 Å². The standard InChI is InChI=1S/C11H13F3N2/c12-11(13,14)9-1-3-10(4-2-9)16-7-5-15-6-8-16/h1-4,15H,5-8H2/i5D2,6D2,7D2,8D2. The number of nitrogens with one attached hydrogen (secondary N) is 1. The highest BCUT2D eigenvalue weighted by atomic mass is 19.4. The maximum atomic E-state index is 12.6. The Hall–Kier alpha value is -1.23. The van der Waals surface area contributed by atoms with E-state index in [2.05, 4.69) is 0 Å². The van der Waals surface area contributed by atoms with E-state index >= 15 is 0 Å². The number of alkyl halides is 3. The van der Waals surface area contributed by atoms with Crippen molar-refractivity contribution >= 4 is 5.69 Å². The first-order valence-corrected chi connectivity index (χ1v) is 4.31. The Morgan fingerprint density at radius 2 is 1.69 bits per heavy atom. The molecule has 1 aliphatic rings. The van der Waals surface area contributed by atoms with Gasteiger partial charge in [-0.1, -0.05) is 0 Å². The predicted octanol–water partition coefficient (Wildman–Crippen LogP) is 2.11. The third-order valence-corrected chi connectivity index (χ3v) is 1.91. The summed E-state index contributed by atoms with van der Waals surface area (Å²) in [7, 11) is 0. The summed E-state index contributed by atoms with van der Waals surface area (Å²) in [6.45, 7) is -12.2. The molecule has 1 saturated heterocycles. The van der Waals surface area contributed by atoms with Gasteiger partial charge in [0.15, 0.2) is 0 Å². The van der Waals surface area contributed by atoms with Crippen LogP contribution in [0.25, 0.3) is 0 Å². The molecule has 0 amide bonds. The van der Waals surface area contributed by atoms with Gasteiger partial charge in [-0.25, -0.2) is 0 Å². The van der Waals surface area contributed by atoms with Crippen LogP contribution in [0.1, 0.15) is 16.5 Å². The molecule has 0 aromatic heterocycles. The minimum atomic E-state index is -4.65. The van der Waals surface area contributed by atoms with Crippen molar-refractivity contribution in [2.45, 2.75) is 6.18 Å². The second-order valence-corrected chi connectivity index (χ2v) is 2.98. The van der Waals surface area contributed by atoms with Gasteiger partial charge in [-0.15, -0.1) is 0 Å². The third-order valence-electron chi connectivity index (χ3n) is 1.91. The first-order chi connectivity index (χ1) is 10.5. The van der Waals surface area contributed by atoms with Crippen LogP contribution >= 0.6 is 0 Å². The Kier molecular flexibility index (Phi) is 1.34. The molecule has 1 fully saturated rings. The van der Waals surface area contributed by atoms with E-state index in [1.54, 1.807) is 5.32 Å². The van der Waals surface area contributed by atoms with Gasteiger partial charge in [-0.05, 0) is 24.3 Å². The minimum Gasteiger partial charge on any atom is -0.369 e. The highest BCUT2D eigenvalue weighted by Gasteiger charge is 2.30. The number of hydrogen-bond acceptors (Lipinski definition) is 2. The van der Waals surface area contributed by atoms with Crippen LogP contribution in [0.4, 0.5) is 18.9 Å². The van der Waals surface area contributed by atoms with Gasteiger partial charge in [0.1, 0.15) is 0 Å². The number of benzene rings is 1. The van der Waals surface area contributed by atoms with E-state index in [1.165, 1.54) is 0 Å². The molecule has 1 aromatic rings. The van der Waals surface area contributed by atoms with Gasteiger partial charge in [0.25, 0.3) is 0 Å². The van der Waals surface area contributed by atoms with Crippen LogP contribution in [0, 0.1) is 0 Å². The number of piperazine rings is 1. The van der Waals surface area contributed by atoms with E-state index in [4.69, 9.17) is 11.0 Å². The zero-order valence-electron chi connectivity index (χ0n) is 15.9. The molecule has 0 spiro atoms. The quantitative estimate of drug-likeness (QED) is 0.806. The summed E-state index contributed by atoms with van der Waals surface area (Å²) < 4.78 is 99.8. The zero-order valence-corrected chi connectivity index (χ0v) is 7.89. The summed E-state index contributed by atoms with van der Waals surface area (Å²) in [5.74, 6) is 0. The van der Waals surface area contributed by atoms with Gasteiger partial charge >= 0.3 is 6.18 Å². The van der Waals surface area contributed by atoms with E-state index in [0.717, 1.165) is 12.1 Å². The summed E-state index contributed by atoms with van der Waals surface area (Å²) in [6, 6.07) is 2.73. The SMILES string of the molecule is [2H]C1([2H])NC([2H])([2H])C([2H])([2H])N(c2ccc(C(F)(F)F)cc2)C1([2H])[2H]. The van der Waals surface area contributed by atoms with Crippen molar-refractivity contribution < 1.29 is 24.1 Å². The normalized spacial score (nSPS) is 37.6. The van der Waals surface area contributed by atoms with Crippen molar-refractivity contribution in [1.29, 1.82) is 0 Å². The van der Waals surface area contributed by atoms with Gasteiger partial charge in [-0.2, -0.15) is 13.2 Å². The molecule has 5 heteroatoms. The minimum absolute atomic E-state index is 0.177. The lowest BCUT2D eigenvalue weighted by Crippen LogP contribution is -2.43. The van der Waals surface area contributed by atoms with Crippen LogP contribution in [0.2, 0.25) is 0 Å². The average Bonchev–Trinajstić information content (AvgIpc) is 2.34. The fourth-order valence-corrected chi connectivity index (χ4v) is 1.16. The maximum absolute atomic E-state index is 12.6. The van der Waals surface area contributed by atoms with E-state index < -0.39 is 43.4 Å². The average molecular weight is 238 g/mol. The van der Waals surface area contributed by atoms with Crippen molar-refractivity contribution in [3.05, 3.63) is 29.8 Å². The molecule has 0 unspecified atom stereocenters. The van der Waals surface area contributed by atoms with Crippen molar-refractivity contribution in [3.63, 3.8) is 0 Å². The fourth-order valence-electron chi connectivity index (χ4n) is 1.16. The number of halogens is 3. The Balaban J connectivity index is 2.59. The van der Waals surface area contributed by atoms with Crippen LogP contribution in [0.5, 0.6) is 0 Å².